The van der Waals surface area contributed by atoms with Crippen molar-refractivity contribution in [1.29, 1.82) is 0 Å². The van der Waals surface area contributed by atoms with Crippen molar-refractivity contribution in [3.63, 3.8) is 0 Å². The molecule has 0 radical (unpaired) electrons. The Kier molecular flexibility index (Phi) is 8.19. The standard InChI is InChI=1S/C22H28N4O3S3.ClH/c1-22(2,27)14-23-10-9-16-13-24-21(31-16)17-12-15-6-4-7-18(20(15)25-17)26(3)32(28,29)19-8-5-11-30-19;/h4-8,11-12,16,23,25,27H,9-10,13-14H2,1-3H3;1H. The molecule has 0 aliphatic carbocycles. The predicted molar refractivity (Wildman–Crippen MR) is 142 cm³/mol. The molecule has 2 aromatic heterocycles. The summed E-state index contributed by atoms with van der Waals surface area (Å²) in [5.41, 5.74) is 1.59. The summed E-state index contributed by atoms with van der Waals surface area (Å²) < 4.78 is 27.7. The minimum Gasteiger partial charge on any atom is -0.389 e. The van der Waals surface area contributed by atoms with Crippen LogP contribution in [0.3, 0.4) is 0 Å². The number of H-pyrrole nitrogens is 1. The van der Waals surface area contributed by atoms with E-state index in [9.17, 15) is 13.5 Å². The number of hydrogen-bond donors (Lipinski definition) is 3. The molecule has 0 amide bonds. The second-order valence-electron chi connectivity index (χ2n) is 8.49. The molecule has 180 valence electrons. The summed E-state index contributed by atoms with van der Waals surface area (Å²) in [6.07, 6.45) is 0.959. The van der Waals surface area contributed by atoms with Gasteiger partial charge in [0, 0.05) is 24.2 Å². The Balaban J connectivity index is 0.00000306. The Morgan fingerprint density at radius 2 is 2.09 bits per heavy atom. The number of anilines is 1. The lowest BCUT2D eigenvalue weighted by Gasteiger charge is -2.19. The van der Waals surface area contributed by atoms with Crippen molar-refractivity contribution >= 4 is 67.2 Å². The molecule has 11 heteroatoms. The van der Waals surface area contributed by atoms with Gasteiger partial charge in [-0.3, -0.25) is 9.30 Å². The molecular weight excluding hydrogens is 500 g/mol. The third-order valence-electron chi connectivity index (χ3n) is 5.23. The van der Waals surface area contributed by atoms with Gasteiger partial charge < -0.3 is 15.4 Å². The normalized spacial score (nSPS) is 16.6. The van der Waals surface area contributed by atoms with Gasteiger partial charge in [0.15, 0.2) is 0 Å². The van der Waals surface area contributed by atoms with E-state index in [1.165, 1.54) is 15.6 Å². The molecule has 3 aromatic rings. The first-order valence-electron chi connectivity index (χ1n) is 10.4. The smallest absolute Gasteiger partial charge is 0.273 e. The van der Waals surface area contributed by atoms with Crippen molar-refractivity contribution in [3.8, 4) is 0 Å². The number of nitrogens with zero attached hydrogens (tertiary/aromatic N) is 2. The van der Waals surface area contributed by atoms with E-state index < -0.39 is 15.6 Å². The molecule has 7 nitrogen and oxygen atoms in total. The van der Waals surface area contributed by atoms with Crippen LogP contribution in [-0.2, 0) is 10.0 Å². The molecule has 4 rings (SSSR count). The fourth-order valence-electron chi connectivity index (χ4n) is 3.57. The van der Waals surface area contributed by atoms with Crippen LogP contribution in [-0.4, -0.2) is 61.1 Å². The maximum atomic E-state index is 13.0. The molecule has 0 fully saturated rings. The number of benzene rings is 1. The van der Waals surface area contributed by atoms with Crippen LogP contribution < -0.4 is 9.62 Å². The Morgan fingerprint density at radius 1 is 1.30 bits per heavy atom. The number of halogens is 1. The minimum atomic E-state index is -3.61. The number of nitrogens with one attached hydrogen (secondary N) is 2. The van der Waals surface area contributed by atoms with Crippen molar-refractivity contribution in [2.45, 2.75) is 35.3 Å². The van der Waals surface area contributed by atoms with Gasteiger partial charge >= 0.3 is 0 Å². The van der Waals surface area contributed by atoms with Crippen molar-refractivity contribution < 1.29 is 13.5 Å². The fraction of sp³-hybridized carbons (Fsp3) is 0.409. The molecule has 0 saturated carbocycles. The molecule has 0 spiro atoms. The molecule has 1 atom stereocenters. The van der Waals surface area contributed by atoms with E-state index in [0.717, 1.165) is 41.2 Å². The molecule has 0 bridgehead atoms. The maximum Gasteiger partial charge on any atom is 0.273 e. The third kappa shape index (κ3) is 5.93. The van der Waals surface area contributed by atoms with Crippen LogP contribution in [0.1, 0.15) is 26.0 Å². The summed E-state index contributed by atoms with van der Waals surface area (Å²) in [5, 5.41) is 17.1. The van der Waals surface area contributed by atoms with Gasteiger partial charge in [0.2, 0.25) is 0 Å². The zero-order valence-corrected chi connectivity index (χ0v) is 22.0. The Bertz CT molecular complexity index is 1220. The van der Waals surface area contributed by atoms with Crippen LogP contribution in [0.25, 0.3) is 10.9 Å². The quantitative estimate of drug-likeness (QED) is 0.363. The van der Waals surface area contributed by atoms with Crippen LogP contribution in [0.2, 0.25) is 0 Å². The number of thiophene rings is 1. The van der Waals surface area contributed by atoms with Gasteiger partial charge in [-0.1, -0.05) is 30.0 Å². The van der Waals surface area contributed by atoms with E-state index in [0.29, 0.717) is 21.7 Å². The first-order chi connectivity index (χ1) is 15.1. The summed E-state index contributed by atoms with van der Waals surface area (Å²) in [6.45, 7) is 5.72. The minimum absolute atomic E-state index is 0. The summed E-state index contributed by atoms with van der Waals surface area (Å²) in [5.74, 6) is 0. The number of fused-ring (bicyclic) bond motifs is 1. The molecule has 3 heterocycles. The summed E-state index contributed by atoms with van der Waals surface area (Å²) >= 11 is 2.95. The fourth-order valence-corrected chi connectivity index (χ4v) is 7.02. The van der Waals surface area contributed by atoms with E-state index in [-0.39, 0.29) is 12.4 Å². The number of aromatic nitrogens is 1. The van der Waals surface area contributed by atoms with E-state index in [4.69, 9.17) is 4.99 Å². The highest BCUT2D eigenvalue weighted by Gasteiger charge is 2.26. The first kappa shape index (κ1) is 26.1. The van der Waals surface area contributed by atoms with Crippen LogP contribution >= 0.6 is 35.5 Å². The molecule has 1 aliphatic heterocycles. The average Bonchev–Trinajstić information content (AvgIpc) is 3.49. The number of hydrogen-bond acceptors (Lipinski definition) is 7. The second kappa shape index (κ2) is 10.4. The molecular formula is C22H29ClN4O3S3. The Morgan fingerprint density at radius 3 is 2.79 bits per heavy atom. The highest BCUT2D eigenvalue weighted by atomic mass is 35.5. The van der Waals surface area contributed by atoms with Crippen molar-refractivity contribution in [2.75, 3.05) is 31.0 Å². The number of para-hydroxylation sites is 1. The summed E-state index contributed by atoms with van der Waals surface area (Å²) in [4.78, 5) is 8.12. The monoisotopic (exact) mass is 528 g/mol. The van der Waals surface area contributed by atoms with Gasteiger partial charge in [0.05, 0.1) is 29.0 Å². The Hall–Kier alpha value is -1.56. The van der Waals surface area contributed by atoms with Crippen molar-refractivity contribution in [1.82, 2.24) is 10.3 Å². The number of rotatable bonds is 9. The largest absolute Gasteiger partial charge is 0.389 e. The van der Waals surface area contributed by atoms with E-state index in [2.05, 4.69) is 10.3 Å². The van der Waals surface area contributed by atoms with Gasteiger partial charge in [0.25, 0.3) is 10.0 Å². The topological polar surface area (TPSA) is 97.8 Å². The van der Waals surface area contributed by atoms with Gasteiger partial charge in [-0.2, -0.15) is 0 Å². The summed E-state index contributed by atoms with van der Waals surface area (Å²) in [6, 6.07) is 11.1. The van der Waals surface area contributed by atoms with Gasteiger partial charge in [-0.15, -0.1) is 23.7 Å². The highest BCUT2D eigenvalue weighted by Crippen LogP contribution is 2.34. The van der Waals surface area contributed by atoms with Crippen LogP contribution in [0, 0.1) is 0 Å². The predicted octanol–water partition coefficient (Wildman–Crippen LogP) is 4.09. The molecule has 1 aromatic carbocycles. The second-order valence-corrected chi connectivity index (χ2v) is 12.9. The number of aromatic amines is 1. The van der Waals surface area contributed by atoms with Crippen molar-refractivity contribution in [3.05, 3.63) is 47.5 Å². The van der Waals surface area contributed by atoms with Crippen molar-refractivity contribution in [2.24, 2.45) is 4.99 Å². The third-order valence-corrected chi connectivity index (χ3v) is 9.67. The van der Waals surface area contributed by atoms with Crippen LogP contribution in [0.4, 0.5) is 5.69 Å². The van der Waals surface area contributed by atoms with Crippen LogP contribution in [0.15, 0.2) is 51.0 Å². The lowest BCUT2D eigenvalue weighted by Crippen LogP contribution is -2.35. The average molecular weight is 529 g/mol. The van der Waals surface area contributed by atoms with E-state index >= 15 is 0 Å². The van der Waals surface area contributed by atoms with Gasteiger partial charge in [-0.05, 0) is 50.4 Å². The number of thioether (sulfide) groups is 1. The molecule has 3 N–H and O–H groups in total. The lowest BCUT2D eigenvalue weighted by atomic mass is 10.1. The molecule has 1 unspecified atom stereocenters. The van der Waals surface area contributed by atoms with Gasteiger partial charge in [0.1, 0.15) is 9.25 Å². The zero-order chi connectivity index (χ0) is 22.9. The Labute approximate surface area is 209 Å². The van der Waals surface area contributed by atoms with Gasteiger partial charge in [-0.25, -0.2) is 8.42 Å². The lowest BCUT2D eigenvalue weighted by molar-refractivity contribution is 0.0799. The molecule has 0 saturated heterocycles. The van der Waals surface area contributed by atoms with E-state index in [1.54, 1.807) is 50.2 Å². The number of sulfonamides is 1. The highest BCUT2D eigenvalue weighted by molar-refractivity contribution is 8.15. The summed E-state index contributed by atoms with van der Waals surface area (Å²) in [7, 11) is -2.02. The number of aliphatic imine (C=N–C) groups is 1. The van der Waals surface area contributed by atoms with Crippen LogP contribution in [0.5, 0.6) is 0 Å². The molecule has 33 heavy (non-hydrogen) atoms. The molecule has 1 aliphatic rings. The van der Waals surface area contributed by atoms with E-state index in [1.807, 2.05) is 24.3 Å². The first-order valence-corrected chi connectivity index (χ1v) is 13.6. The zero-order valence-electron chi connectivity index (χ0n) is 18.7. The number of aliphatic hydroxyl groups is 1. The SMILES string of the molecule is CN(c1cccc2cc(C3=NCC(CCNCC(C)(C)O)S3)[nH]c12)S(=O)(=O)c1cccs1.Cl. The maximum absolute atomic E-state index is 13.0.